The first-order chi connectivity index (χ1) is 9.88. The van der Waals surface area contributed by atoms with Gasteiger partial charge in [-0.25, -0.2) is 0 Å². The number of carbonyl (C=O) groups excluding carboxylic acids is 1. The Bertz CT molecular complexity index is 517. The molecule has 1 fully saturated rings. The molecule has 1 aromatic carbocycles. The number of nitrogens with zero attached hydrogens (tertiary/aromatic N) is 2. The lowest BCUT2D eigenvalue weighted by Crippen LogP contribution is -2.56. The summed E-state index contributed by atoms with van der Waals surface area (Å²) in [5.41, 5.74) is 8.28. The number of piperazine rings is 1. The lowest BCUT2D eigenvalue weighted by Gasteiger charge is -2.41. The topological polar surface area (TPSA) is 61.6 Å². The van der Waals surface area contributed by atoms with Crippen LogP contribution in [0.15, 0.2) is 18.2 Å². The molecule has 1 aliphatic heterocycles. The number of likely N-dealkylation sites (N-methyl/N-ethyl adjacent to an activating group) is 1. The predicted octanol–water partition coefficient (Wildman–Crippen LogP) is 1.54. The Morgan fingerprint density at radius 2 is 2.14 bits per heavy atom. The van der Waals surface area contributed by atoms with Gasteiger partial charge in [-0.1, -0.05) is 6.07 Å². The summed E-state index contributed by atoms with van der Waals surface area (Å²) in [6.07, 6.45) is 0. The van der Waals surface area contributed by atoms with Crippen LogP contribution in [0.3, 0.4) is 0 Å². The van der Waals surface area contributed by atoms with Crippen molar-refractivity contribution >= 4 is 17.3 Å². The van der Waals surface area contributed by atoms with Gasteiger partial charge >= 0.3 is 0 Å². The van der Waals surface area contributed by atoms with E-state index in [4.69, 9.17) is 5.73 Å². The standard InChI is InChI=1S/C16H26N4O/c1-11-5-6-14(17)9-15(11)18-16(21)13(3)20-8-7-19(4)10-12(20)2/h5-6,9,12-13H,7-8,10,17H2,1-4H3,(H,18,21). The third kappa shape index (κ3) is 3.74. The van der Waals surface area contributed by atoms with Crippen molar-refractivity contribution in [2.45, 2.75) is 32.9 Å². The molecule has 0 spiro atoms. The Kier molecular flexibility index (Phi) is 4.85. The van der Waals surface area contributed by atoms with Gasteiger partial charge < -0.3 is 16.0 Å². The molecule has 2 unspecified atom stereocenters. The molecule has 1 aliphatic rings. The molecule has 1 saturated heterocycles. The van der Waals surface area contributed by atoms with E-state index in [0.717, 1.165) is 30.9 Å². The Labute approximate surface area is 127 Å². The lowest BCUT2D eigenvalue weighted by molar-refractivity contribution is -0.122. The normalized spacial score (nSPS) is 22.0. The van der Waals surface area contributed by atoms with Crippen LogP contribution in [-0.4, -0.2) is 54.5 Å². The molecule has 0 aliphatic carbocycles. The van der Waals surface area contributed by atoms with E-state index >= 15 is 0 Å². The monoisotopic (exact) mass is 290 g/mol. The van der Waals surface area contributed by atoms with Crippen LogP contribution in [0.4, 0.5) is 11.4 Å². The van der Waals surface area contributed by atoms with Crippen LogP contribution in [0, 0.1) is 6.92 Å². The van der Waals surface area contributed by atoms with Gasteiger partial charge in [0.2, 0.25) is 5.91 Å². The predicted molar refractivity (Wildman–Crippen MR) is 87.3 cm³/mol. The number of benzene rings is 1. The zero-order valence-corrected chi connectivity index (χ0v) is 13.4. The molecule has 2 rings (SSSR count). The van der Waals surface area contributed by atoms with E-state index in [2.05, 4.69) is 29.1 Å². The molecule has 116 valence electrons. The number of aryl methyl sites for hydroxylation is 1. The molecule has 0 saturated carbocycles. The first kappa shape index (κ1) is 15.8. The van der Waals surface area contributed by atoms with E-state index in [1.54, 1.807) is 0 Å². The van der Waals surface area contributed by atoms with Crippen LogP contribution < -0.4 is 11.1 Å². The quantitative estimate of drug-likeness (QED) is 0.829. The second-order valence-electron chi connectivity index (χ2n) is 6.09. The van der Waals surface area contributed by atoms with Gasteiger partial charge in [-0.15, -0.1) is 0 Å². The molecule has 0 bridgehead atoms. The fourth-order valence-electron chi connectivity index (χ4n) is 2.89. The highest BCUT2D eigenvalue weighted by Crippen LogP contribution is 2.19. The fraction of sp³-hybridized carbons (Fsp3) is 0.562. The van der Waals surface area contributed by atoms with E-state index < -0.39 is 0 Å². The molecule has 2 atom stereocenters. The minimum atomic E-state index is -0.144. The van der Waals surface area contributed by atoms with Crippen molar-refractivity contribution in [1.82, 2.24) is 9.80 Å². The number of nitrogen functional groups attached to an aromatic ring is 1. The lowest BCUT2D eigenvalue weighted by atomic mass is 10.1. The summed E-state index contributed by atoms with van der Waals surface area (Å²) in [6, 6.07) is 5.82. The molecule has 0 radical (unpaired) electrons. The van der Waals surface area contributed by atoms with Crippen molar-refractivity contribution in [3.05, 3.63) is 23.8 Å². The van der Waals surface area contributed by atoms with Gasteiger partial charge in [0, 0.05) is 37.1 Å². The van der Waals surface area contributed by atoms with Crippen molar-refractivity contribution in [1.29, 1.82) is 0 Å². The highest BCUT2D eigenvalue weighted by molar-refractivity contribution is 5.95. The first-order valence-corrected chi connectivity index (χ1v) is 7.49. The van der Waals surface area contributed by atoms with Crippen molar-refractivity contribution in [2.24, 2.45) is 0 Å². The third-order valence-corrected chi connectivity index (χ3v) is 4.28. The Morgan fingerprint density at radius 1 is 1.43 bits per heavy atom. The maximum Gasteiger partial charge on any atom is 0.241 e. The van der Waals surface area contributed by atoms with Crippen LogP contribution in [0.25, 0.3) is 0 Å². The Hall–Kier alpha value is -1.59. The van der Waals surface area contributed by atoms with E-state index in [-0.39, 0.29) is 11.9 Å². The van der Waals surface area contributed by atoms with Crippen molar-refractivity contribution in [3.8, 4) is 0 Å². The largest absolute Gasteiger partial charge is 0.399 e. The maximum absolute atomic E-state index is 12.5. The molecule has 1 amide bonds. The van der Waals surface area contributed by atoms with Crippen LogP contribution in [0.5, 0.6) is 0 Å². The molecule has 5 heteroatoms. The smallest absolute Gasteiger partial charge is 0.241 e. The average molecular weight is 290 g/mol. The fourth-order valence-corrected chi connectivity index (χ4v) is 2.89. The SMILES string of the molecule is Cc1ccc(N)cc1NC(=O)C(C)N1CCN(C)CC1C. The second-order valence-corrected chi connectivity index (χ2v) is 6.09. The summed E-state index contributed by atoms with van der Waals surface area (Å²) in [7, 11) is 2.12. The number of nitrogens with two attached hydrogens (primary N) is 1. The van der Waals surface area contributed by atoms with Gasteiger partial charge in [0.25, 0.3) is 0 Å². The van der Waals surface area contributed by atoms with Crippen molar-refractivity contribution in [2.75, 3.05) is 37.7 Å². The summed E-state index contributed by atoms with van der Waals surface area (Å²) >= 11 is 0. The number of anilines is 2. The van der Waals surface area contributed by atoms with Crippen LogP contribution in [-0.2, 0) is 4.79 Å². The Balaban J connectivity index is 2.04. The second kappa shape index (κ2) is 6.45. The third-order valence-electron chi connectivity index (χ3n) is 4.28. The number of amides is 1. The molecule has 1 heterocycles. The van der Waals surface area contributed by atoms with Gasteiger partial charge in [-0.3, -0.25) is 9.69 Å². The van der Waals surface area contributed by atoms with E-state index in [0.29, 0.717) is 11.7 Å². The van der Waals surface area contributed by atoms with E-state index in [9.17, 15) is 4.79 Å². The first-order valence-electron chi connectivity index (χ1n) is 7.49. The molecule has 21 heavy (non-hydrogen) atoms. The molecule has 1 aromatic rings. The van der Waals surface area contributed by atoms with Crippen molar-refractivity contribution < 1.29 is 4.79 Å². The molecular weight excluding hydrogens is 264 g/mol. The summed E-state index contributed by atoms with van der Waals surface area (Å²) in [6.45, 7) is 9.03. The highest BCUT2D eigenvalue weighted by atomic mass is 16.2. The number of carbonyl (C=O) groups is 1. The van der Waals surface area contributed by atoms with Crippen LogP contribution >= 0.6 is 0 Å². The minimum Gasteiger partial charge on any atom is -0.399 e. The summed E-state index contributed by atoms with van der Waals surface area (Å²) < 4.78 is 0. The Morgan fingerprint density at radius 3 is 2.81 bits per heavy atom. The van der Waals surface area contributed by atoms with Crippen LogP contribution in [0.1, 0.15) is 19.4 Å². The average Bonchev–Trinajstić information content (AvgIpc) is 2.42. The number of hydrogen-bond donors (Lipinski definition) is 2. The van der Waals surface area contributed by atoms with Gasteiger partial charge in [0.05, 0.1) is 6.04 Å². The minimum absolute atomic E-state index is 0.0279. The molecule has 3 N–H and O–H groups in total. The zero-order chi connectivity index (χ0) is 15.6. The number of hydrogen-bond acceptors (Lipinski definition) is 4. The zero-order valence-electron chi connectivity index (χ0n) is 13.4. The molecule has 5 nitrogen and oxygen atoms in total. The summed E-state index contributed by atoms with van der Waals surface area (Å²) in [4.78, 5) is 17.1. The van der Waals surface area contributed by atoms with E-state index in [1.807, 2.05) is 32.0 Å². The number of nitrogens with one attached hydrogen (secondary N) is 1. The highest BCUT2D eigenvalue weighted by Gasteiger charge is 2.29. The van der Waals surface area contributed by atoms with Gasteiger partial charge in [0.1, 0.15) is 0 Å². The summed E-state index contributed by atoms with van der Waals surface area (Å²) in [5, 5.41) is 3.01. The van der Waals surface area contributed by atoms with Gasteiger partial charge in [-0.05, 0) is 45.5 Å². The van der Waals surface area contributed by atoms with E-state index in [1.165, 1.54) is 0 Å². The number of rotatable bonds is 3. The van der Waals surface area contributed by atoms with Crippen LogP contribution in [0.2, 0.25) is 0 Å². The summed E-state index contributed by atoms with van der Waals surface area (Å²) in [5.74, 6) is 0.0279. The molecular formula is C16H26N4O. The van der Waals surface area contributed by atoms with Gasteiger partial charge in [0.15, 0.2) is 0 Å². The maximum atomic E-state index is 12.5. The molecule has 0 aromatic heterocycles. The van der Waals surface area contributed by atoms with Crippen molar-refractivity contribution in [3.63, 3.8) is 0 Å². The van der Waals surface area contributed by atoms with Gasteiger partial charge in [-0.2, -0.15) is 0 Å².